The zero-order valence-electron chi connectivity index (χ0n) is 8.32. The van der Waals surface area contributed by atoms with E-state index in [0.29, 0.717) is 19.8 Å². The first kappa shape index (κ1) is 10.4. The number of hydrogen-bond acceptors (Lipinski definition) is 5. The lowest BCUT2D eigenvalue weighted by molar-refractivity contribution is -0.152. The Balaban J connectivity index is 1.77. The predicted molar refractivity (Wildman–Crippen MR) is 50.1 cm³/mol. The lowest BCUT2D eigenvalue weighted by Gasteiger charge is -2.23. The third-order valence-electron chi connectivity index (χ3n) is 2.47. The lowest BCUT2D eigenvalue weighted by Crippen LogP contribution is -2.56. The van der Waals surface area contributed by atoms with Gasteiger partial charge in [-0.1, -0.05) is 0 Å². The van der Waals surface area contributed by atoms with Crippen LogP contribution in [-0.4, -0.2) is 50.3 Å². The van der Waals surface area contributed by atoms with Gasteiger partial charge in [0.2, 0.25) is 5.91 Å². The number of nitrogens with one attached hydrogen (secondary N) is 2. The normalized spacial score (nSPS) is 31.1. The second-order valence-electron chi connectivity index (χ2n) is 3.66. The fourth-order valence-corrected chi connectivity index (χ4v) is 1.59. The van der Waals surface area contributed by atoms with Crippen LogP contribution >= 0.6 is 0 Å². The maximum atomic E-state index is 11.6. The van der Waals surface area contributed by atoms with Crippen LogP contribution in [0.1, 0.15) is 6.42 Å². The summed E-state index contributed by atoms with van der Waals surface area (Å²) >= 11 is 0. The second-order valence-corrected chi connectivity index (χ2v) is 3.66. The highest BCUT2D eigenvalue weighted by Gasteiger charge is 2.28. The molecule has 0 bridgehead atoms. The summed E-state index contributed by atoms with van der Waals surface area (Å²) in [7, 11) is 0. The molecular weight excluding hydrogens is 200 g/mol. The Morgan fingerprint density at radius 1 is 1.53 bits per heavy atom. The molecule has 0 radical (unpaired) electrons. The van der Waals surface area contributed by atoms with Gasteiger partial charge in [0.1, 0.15) is 12.1 Å². The Hall–Kier alpha value is -1.14. The van der Waals surface area contributed by atoms with Gasteiger partial charge in [-0.2, -0.15) is 0 Å². The summed E-state index contributed by atoms with van der Waals surface area (Å²) in [5, 5.41) is 5.42. The van der Waals surface area contributed by atoms with Crippen molar-refractivity contribution >= 4 is 11.9 Å². The van der Waals surface area contributed by atoms with Crippen LogP contribution in [0.2, 0.25) is 0 Å². The van der Waals surface area contributed by atoms with Crippen molar-refractivity contribution in [2.45, 2.75) is 18.6 Å². The molecule has 2 unspecified atom stereocenters. The Bertz CT molecular complexity index is 253. The van der Waals surface area contributed by atoms with Crippen molar-refractivity contribution in [3.05, 3.63) is 0 Å². The van der Waals surface area contributed by atoms with Gasteiger partial charge in [-0.05, 0) is 0 Å². The van der Waals surface area contributed by atoms with Gasteiger partial charge in [-0.3, -0.25) is 14.9 Å². The summed E-state index contributed by atoms with van der Waals surface area (Å²) in [5.74, 6) is -0.409. The first-order chi connectivity index (χ1) is 7.25. The lowest BCUT2D eigenvalue weighted by atomic mass is 10.2. The molecule has 0 aliphatic carbocycles. The smallest absolute Gasteiger partial charge is 0.325 e. The van der Waals surface area contributed by atoms with Crippen LogP contribution in [0.4, 0.5) is 0 Å². The molecule has 6 nitrogen and oxygen atoms in total. The highest BCUT2D eigenvalue weighted by molar-refractivity contribution is 5.83. The standard InChI is InChI=1S/C9H14N2O4/c12-8-4-10-7(3-11-8)9(13)15-6-1-2-14-5-6/h6-7,10H,1-5H2,(H,11,12). The summed E-state index contributed by atoms with van der Waals surface area (Å²) in [6.07, 6.45) is 0.627. The number of piperazine rings is 1. The average Bonchev–Trinajstić information content (AvgIpc) is 2.71. The van der Waals surface area contributed by atoms with E-state index in [1.807, 2.05) is 0 Å². The van der Waals surface area contributed by atoms with Gasteiger partial charge in [-0.25, -0.2) is 0 Å². The summed E-state index contributed by atoms with van der Waals surface area (Å²) in [6.45, 7) is 1.59. The van der Waals surface area contributed by atoms with Crippen LogP contribution in [0.5, 0.6) is 0 Å². The fraction of sp³-hybridized carbons (Fsp3) is 0.778. The van der Waals surface area contributed by atoms with Gasteiger partial charge in [0, 0.05) is 13.0 Å². The monoisotopic (exact) mass is 214 g/mol. The molecule has 15 heavy (non-hydrogen) atoms. The molecular formula is C9H14N2O4. The number of carbonyl (C=O) groups is 2. The number of hydrogen-bond donors (Lipinski definition) is 2. The molecule has 2 saturated heterocycles. The van der Waals surface area contributed by atoms with Crippen molar-refractivity contribution in [1.29, 1.82) is 0 Å². The maximum Gasteiger partial charge on any atom is 0.325 e. The molecule has 2 N–H and O–H groups in total. The number of carbonyl (C=O) groups excluding carboxylic acids is 2. The number of ether oxygens (including phenoxy) is 2. The average molecular weight is 214 g/mol. The van der Waals surface area contributed by atoms with Gasteiger partial charge in [-0.15, -0.1) is 0 Å². The zero-order chi connectivity index (χ0) is 10.7. The molecule has 2 atom stereocenters. The van der Waals surface area contributed by atoms with Crippen LogP contribution in [0.15, 0.2) is 0 Å². The van der Waals surface area contributed by atoms with Crippen molar-refractivity contribution in [1.82, 2.24) is 10.6 Å². The van der Waals surface area contributed by atoms with Crippen LogP contribution in [0, 0.1) is 0 Å². The van der Waals surface area contributed by atoms with Gasteiger partial charge in [0.05, 0.1) is 19.8 Å². The summed E-state index contributed by atoms with van der Waals surface area (Å²) in [5.41, 5.74) is 0. The van der Waals surface area contributed by atoms with E-state index in [9.17, 15) is 9.59 Å². The molecule has 1 amide bonds. The third-order valence-corrected chi connectivity index (χ3v) is 2.47. The van der Waals surface area contributed by atoms with E-state index in [2.05, 4.69) is 10.6 Å². The molecule has 0 aromatic rings. The summed E-state index contributed by atoms with van der Waals surface area (Å²) in [6, 6.07) is -0.428. The SMILES string of the molecule is O=C1CNC(C(=O)OC2CCOC2)CN1. The van der Waals surface area contributed by atoms with Crippen LogP contribution < -0.4 is 10.6 Å². The highest BCUT2D eigenvalue weighted by Crippen LogP contribution is 2.09. The quantitative estimate of drug-likeness (QED) is 0.542. The van der Waals surface area contributed by atoms with E-state index in [1.165, 1.54) is 0 Å². The fourth-order valence-electron chi connectivity index (χ4n) is 1.59. The molecule has 0 aromatic heterocycles. The number of rotatable bonds is 2. The molecule has 84 valence electrons. The Morgan fingerprint density at radius 2 is 2.40 bits per heavy atom. The Labute approximate surface area is 87.3 Å². The van der Waals surface area contributed by atoms with E-state index < -0.39 is 6.04 Å². The Kier molecular flexibility index (Phi) is 3.17. The predicted octanol–water partition coefficient (Wildman–Crippen LogP) is -1.59. The molecule has 2 heterocycles. The minimum Gasteiger partial charge on any atom is -0.459 e. The molecule has 6 heteroatoms. The van der Waals surface area contributed by atoms with E-state index in [1.54, 1.807) is 0 Å². The minimum absolute atomic E-state index is 0.0942. The van der Waals surface area contributed by atoms with Gasteiger partial charge in [0.15, 0.2) is 0 Å². The van der Waals surface area contributed by atoms with Gasteiger partial charge in [0.25, 0.3) is 0 Å². The van der Waals surface area contributed by atoms with E-state index in [0.717, 1.165) is 6.42 Å². The van der Waals surface area contributed by atoms with Crippen molar-refractivity contribution in [2.75, 3.05) is 26.3 Å². The third kappa shape index (κ3) is 2.66. The van der Waals surface area contributed by atoms with Crippen molar-refractivity contribution in [2.24, 2.45) is 0 Å². The topological polar surface area (TPSA) is 76.7 Å². The summed E-state index contributed by atoms with van der Waals surface area (Å²) in [4.78, 5) is 22.4. The second kappa shape index (κ2) is 4.59. The van der Waals surface area contributed by atoms with Crippen molar-refractivity contribution in [3.63, 3.8) is 0 Å². The van der Waals surface area contributed by atoms with Crippen LogP contribution in [-0.2, 0) is 19.1 Å². The van der Waals surface area contributed by atoms with E-state index in [-0.39, 0.29) is 24.5 Å². The number of esters is 1. The molecule has 2 fully saturated rings. The van der Waals surface area contributed by atoms with E-state index >= 15 is 0 Å². The van der Waals surface area contributed by atoms with Crippen LogP contribution in [0.3, 0.4) is 0 Å². The first-order valence-electron chi connectivity index (χ1n) is 5.04. The van der Waals surface area contributed by atoms with Gasteiger partial charge >= 0.3 is 5.97 Å². The zero-order valence-corrected chi connectivity index (χ0v) is 8.32. The van der Waals surface area contributed by atoms with Gasteiger partial charge < -0.3 is 14.8 Å². The van der Waals surface area contributed by atoms with Crippen molar-refractivity contribution < 1.29 is 19.1 Å². The Morgan fingerprint density at radius 3 is 3.00 bits per heavy atom. The minimum atomic E-state index is -0.428. The largest absolute Gasteiger partial charge is 0.459 e. The maximum absolute atomic E-state index is 11.6. The first-order valence-corrected chi connectivity index (χ1v) is 5.04. The molecule has 2 aliphatic heterocycles. The molecule has 0 aromatic carbocycles. The van der Waals surface area contributed by atoms with E-state index in [4.69, 9.17) is 9.47 Å². The molecule has 0 saturated carbocycles. The highest BCUT2D eigenvalue weighted by atomic mass is 16.6. The molecule has 0 spiro atoms. The molecule has 2 rings (SSSR count). The van der Waals surface area contributed by atoms with Crippen LogP contribution in [0.25, 0.3) is 0 Å². The van der Waals surface area contributed by atoms with Crippen molar-refractivity contribution in [3.8, 4) is 0 Å². The molecule has 2 aliphatic rings. The number of amides is 1. The summed E-state index contributed by atoms with van der Waals surface area (Å²) < 4.78 is 10.3.